The number of hydrogen-bond acceptors (Lipinski definition) is 5. The summed E-state index contributed by atoms with van der Waals surface area (Å²) in [5.41, 5.74) is 2.10. The van der Waals surface area contributed by atoms with Crippen LogP contribution in [0.15, 0.2) is 58.0 Å². The lowest BCUT2D eigenvalue weighted by atomic mass is 10.1. The maximum atomic E-state index is 12.7. The molecule has 0 spiro atoms. The Labute approximate surface area is 159 Å². The van der Waals surface area contributed by atoms with Crippen molar-refractivity contribution in [3.05, 3.63) is 75.0 Å². The molecule has 3 heterocycles. The summed E-state index contributed by atoms with van der Waals surface area (Å²) in [7, 11) is 0. The molecule has 0 aliphatic rings. The summed E-state index contributed by atoms with van der Waals surface area (Å²) in [4.78, 5) is 22.3. The summed E-state index contributed by atoms with van der Waals surface area (Å²) in [6.07, 6.45) is 0. The van der Waals surface area contributed by atoms with Gasteiger partial charge < -0.3 is 10.3 Å². The molecule has 0 aliphatic carbocycles. The van der Waals surface area contributed by atoms with Gasteiger partial charge in [-0.05, 0) is 30.9 Å². The highest BCUT2D eigenvalue weighted by Crippen LogP contribution is 2.33. The van der Waals surface area contributed by atoms with E-state index in [0.29, 0.717) is 11.2 Å². The summed E-state index contributed by atoms with van der Waals surface area (Å²) < 4.78 is 0. The fourth-order valence-corrected chi connectivity index (χ4v) is 4.84. The lowest BCUT2D eigenvalue weighted by molar-refractivity contribution is 0.477. The number of aromatic amines is 1. The van der Waals surface area contributed by atoms with Crippen molar-refractivity contribution in [2.45, 2.75) is 25.9 Å². The summed E-state index contributed by atoms with van der Waals surface area (Å²) in [5.74, 6) is 0.671. The van der Waals surface area contributed by atoms with E-state index in [1.807, 2.05) is 48.0 Å². The van der Waals surface area contributed by atoms with E-state index in [2.05, 4.69) is 29.4 Å². The largest absolute Gasteiger partial charge is 0.309 e. The number of nitrogens with one attached hydrogen (secondary N) is 2. The first kappa shape index (κ1) is 17.1. The topological polar surface area (TPSA) is 57.8 Å². The summed E-state index contributed by atoms with van der Waals surface area (Å²) in [6.45, 7) is 4.14. The number of rotatable bonds is 5. The van der Waals surface area contributed by atoms with Crippen molar-refractivity contribution < 1.29 is 0 Å². The monoisotopic (exact) mass is 381 g/mol. The molecule has 4 rings (SSSR count). The predicted octanol–water partition coefficient (Wildman–Crippen LogP) is 5.12. The third kappa shape index (κ3) is 3.23. The first-order valence-electron chi connectivity index (χ1n) is 8.50. The van der Waals surface area contributed by atoms with Gasteiger partial charge in [-0.15, -0.1) is 22.7 Å². The van der Waals surface area contributed by atoms with Gasteiger partial charge in [-0.1, -0.05) is 36.4 Å². The average Bonchev–Trinajstić information content (AvgIpc) is 3.31. The standard InChI is InChI=1S/C20H19N3OS2/c1-12(14-7-4-3-5-8-14)21-13(2)18-22-19(24)17-15(11-26-20(17)23-18)16-9-6-10-25-16/h3-13,21H,1-2H3,(H,22,23,24)/t12-,13-/m1/s1. The summed E-state index contributed by atoms with van der Waals surface area (Å²) in [6, 6.07) is 14.4. The van der Waals surface area contributed by atoms with Crippen molar-refractivity contribution >= 4 is 32.9 Å². The van der Waals surface area contributed by atoms with Crippen LogP contribution in [0.25, 0.3) is 20.7 Å². The summed E-state index contributed by atoms with van der Waals surface area (Å²) >= 11 is 3.16. The maximum Gasteiger partial charge on any atom is 0.260 e. The van der Waals surface area contributed by atoms with Gasteiger partial charge in [-0.3, -0.25) is 4.79 Å². The molecule has 6 heteroatoms. The highest BCUT2D eigenvalue weighted by molar-refractivity contribution is 7.18. The van der Waals surface area contributed by atoms with Crippen molar-refractivity contribution in [3.8, 4) is 10.4 Å². The zero-order chi connectivity index (χ0) is 18.1. The van der Waals surface area contributed by atoms with Gasteiger partial charge in [0.05, 0.1) is 11.4 Å². The van der Waals surface area contributed by atoms with Crippen LogP contribution in [-0.2, 0) is 0 Å². The fourth-order valence-electron chi connectivity index (χ4n) is 3.08. The second-order valence-corrected chi connectivity index (χ2v) is 8.08. The van der Waals surface area contributed by atoms with Crippen molar-refractivity contribution in [2.24, 2.45) is 0 Å². The second-order valence-electron chi connectivity index (χ2n) is 6.28. The van der Waals surface area contributed by atoms with Gasteiger partial charge in [0.2, 0.25) is 0 Å². The Kier molecular flexibility index (Phi) is 4.72. The van der Waals surface area contributed by atoms with E-state index in [1.54, 1.807) is 11.3 Å². The molecular formula is C20H19N3OS2. The van der Waals surface area contributed by atoms with E-state index in [1.165, 1.54) is 16.9 Å². The molecule has 26 heavy (non-hydrogen) atoms. The molecule has 0 bridgehead atoms. The number of benzene rings is 1. The molecule has 2 atom stereocenters. The Morgan fingerprint density at radius 3 is 2.58 bits per heavy atom. The number of aromatic nitrogens is 2. The Morgan fingerprint density at radius 1 is 1.04 bits per heavy atom. The minimum atomic E-state index is -0.0735. The van der Waals surface area contributed by atoms with Gasteiger partial charge >= 0.3 is 0 Å². The van der Waals surface area contributed by atoms with E-state index >= 15 is 0 Å². The molecular weight excluding hydrogens is 362 g/mol. The van der Waals surface area contributed by atoms with Crippen molar-refractivity contribution in [1.29, 1.82) is 0 Å². The molecule has 0 radical (unpaired) electrons. The zero-order valence-corrected chi connectivity index (χ0v) is 16.2. The molecule has 0 saturated carbocycles. The van der Waals surface area contributed by atoms with E-state index < -0.39 is 0 Å². The maximum absolute atomic E-state index is 12.7. The Hall–Kier alpha value is -2.28. The van der Waals surface area contributed by atoms with E-state index in [-0.39, 0.29) is 17.6 Å². The molecule has 132 valence electrons. The lowest BCUT2D eigenvalue weighted by Gasteiger charge is -2.19. The zero-order valence-electron chi connectivity index (χ0n) is 14.5. The Bertz CT molecular complexity index is 1070. The molecule has 1 aromatic carbocycles. The van der Waals surface area contributed by atoms with Crippen LogP contribution >= 0.6 is 22.7 Å². The first-order valence-corrected chi connectivity index (χ1v) is 10.3. The van der Waals surface area contributed by atoms with Crippen LogP contribution in [0.2, 0.25) is 0 Å². The first-order chi connectivity index (χ1) is 12.6. The van der Waals surface area contributed by atoms with Crippen molar-refractivity contribution in [1.82, 2.24) is 15.3 Å². The molecule has 4 aromatic rings. The Balaban J connectivity index is 1.64. The molecule has 4 nitrogen and oxygen atoms in total. The van der Waals surface area contributed by atoms with Gasteiger partial charge in [0.1, 0.15) is 10.7 Å². The number of H-pyrrole nitrogens is 1. The third-order valence-electron chi connectivity index (χ3n) is 4.46. The van der Waals surface area contributed by atoms with Crippen LogP contribution in [0.4, 0.5) is 0 Å². The molecule has 0 fully saturated rings. The molecule has 2 N–H and O–H groups in total. The second kappa shape index (κ2) is 7.15. The van der Waals surface area contributed by atoms with Crippen LogP contribution in [-0.4, -0.2) is 9.97 Å². The number of fused-ring (bicyclic) bond motifs is 1. The highest BCUT2D eigenvalue weighted by Gasteiger charge is 2.17. The molecule has 0 saturated heterocycles. The third-order valence-corrected chi connectivity index (χ3v) is 6.23. The lowest BCUT2D eigenvalue weighted by Crippen LogP contribution is -2.26. The Morgan fingerprint density at radius 2 is 1.85 bits per heavy atom. The summed E-state index contributed by atoms with van der Waals surface area (Å²) in [5, 5.41) is 8.24. The number of thiophene rings is 2. The smallest absolute Gasteiger partial charge is 0.260 e. The predicted molar refractivity (Wildman–Crippen MR) is 110 cm³/mol. The van der Waals surface area contributed by atoms with Gasteiger partial charge in [0, 0.05) is 21.9 Å². The van der Waals surface area contributed by atoms with Gasteiger partial charge in [-0.2, -0.15) is 0 Å². The minimum Gasteiger partial charge on any atom is -0.309 e. The van der Waals surface area contributed by atoms with Crippen LogP contribution in [0, 0.1) is 0 Å². The molecule has 3 aromatic heterocycles. The fraction of sp³-hybridized carbons (Fsp3) is 0.200. The molecule has 0 amide bonds. The normalized spacial score (nSPS) is 13.8. The number of hydrogen-bond donors (Lipinski definition) is 2. The SMILES string of the molecule is C[C@@H](N[C@H](C)c1nc2scc(-c3cccs3)c2c(=O)[nH]1)c1ccccc1. The van der Waals surface area contributed by atoms with E-state index in [9.17, 15) is 4.79 Å². The van der Waals surface area contributed by atoms with Crippen LogP contribution in [0.3, 0.4) is 0 Å². The molecule has 0 unspecified atom stereocenters. The van der Waals surface area contributed by atoms with Gasteiger partial charge in [-0.25, -0.2) is 4.98 Å². The number of nitrogens with zero attached hydrogens (tertiary/aromatic N) is 1. The highest BCUT2D eigenvalue weighted by atomic mass is 32.1. The van der Waals surface area contributed by atoms with Crippen LogP contribution in [0.1, 0.15) is 37.3 Å². The van der Waals surface area contributed by atoms with Crippen LogP contribution < -0.4 is 10.9 Å². The van der Waals surface area contributed by atoms with E-state index in [4.69, 9.17) is 4.98 Å². The van der Waals surface area contributed by atoms with Crippen LogP contribution in [0.5, 0.6) is 0 Å². The van der Waals surface area contributed by atoms with Crippen molar-refractivity contribution in [3.63, 3.8) is 0 Å². The molecule has 0 aliphatic heterocycles. The van der Waals surface area contributed by atoms with E-state index in [0.717, 1.165) is 15.3 Å². The average molecular weight is 382 g/mol. The minimum absolute atomic E-state index is 0.0606. The van der Waals surface area contributed by atoms with Gasteiger partial charge in [0.15, 0.2) is 0 Å². The quantitative estimate of drug-likeness (QED) is 0.504. The van der Waals surface area contributed by atoms with Crippen molar-refractivity contribution in [2.75, 3.05) is 0 Å². The van der Waals surface area contributed by atoms with Gasteiger partial charge in [0.25, 0.3) is 5.56 Å².